The molecule has 1 aliphatic heterocycles. The molecule has 0 spiro atoms. The number of rotatable bonds is 4. The number of amides is 2. The van der Waals surface area contributed by atoms with Gasteiger partial charge in [-0.25, -0.2) is 8.42 Å². The van der Waals surface area contributed by atoms with Crippen molar-refractivity contribution in [3.63, 3.8) is 0 Å². The molecule has 1 atom stereocenters. The molecule has 0 aliphatic carbocycles. The molecule has 1 heterocycles. The van der Waals surface area contributed by atoms with Gasteiger partial charge < -0.3 is 4.74 Å². The molecule has 9 heteroatoms. The van der Waals surface area contributed by atoms with Crippen LogP contribution in [0.1, 0.15) is 13.8 Å². The minimum Gasteiger partial charge on any atom is -0.465 e. The Morgan fingerprint density at radius 3 is 2.67 bits per heavy atom. The number of nitrogens with zero attached hydrogens (tertiary/aromatic N) is 1. The lowest BCUT2D eigenvalue weighted by Crippen LogP contribution is -2.59. The predicted molar refractivity (Wildman–Crippen MR) is 59.7 cm³/mol. The van der Waals surface area contributed by atoms with Gasteiger partial charge in [-0.1, -0.05) is 0 Å². The second kappa shape index (κ2) is 5.44. The quantitative estimate of drug-likeness (QED) is 0.481. The van der Waals surface area contributed by atoms with Gasteiger partial charge in [0.15, 0.2) is 5.75 Å². The highest BCUT2D eigenvalue weighted by atomic mass is 32.2. The standard InChI is InChI=1S/C9H14N2O6S/c1-3-17-8(13)5-18(15,16)11-4-7(12)10-9(14)6(11)2/h6H,3-5H2,1-2H3,(H,10,12,14). The monoisotopic (exact) mass is 278 g/mol. The van der Waals surface area contributed by atoms with Gasteiger partial charge in [0.05, 0.1) is 13.2 Å². The van der Waals surface area contributed by atoms with Crippen LogP contribution in [-0.2, 0) is 29.1 Å². The molecule has 1 saturated heterocycles. The van der Waals surface area contributed by atoms with Crippen molar-refractivity contribution in [3.05, 3.63) is 0 Å². The van der Waals surface area contributed by atoms with Crippen LogP contribution in [0.5, 0.6) is 0 Å². The Kier molecular flexibility index (Phi) is 4.41. The number of imide groups is 1. The molecule has 1 fully saturated rings. The van der Waals surface area contributed by atoms with E-state index < -0.39 is 46.1 Å². The molecule has 0 aromatic carbocycles. The van der Waals surface area contributed by atoms with E-state index in [1.165, 1.54) is 6.92 Å². The number of piperazine rings is 1. The van der Waals surface area contributed by atoms with Crippen molar-refractivity contribution in [2.75, 3.05) is 18.9 Å². The summed E-state index contributed by atoms with van der Waals surface area (Å²) in [5.74, 6) is -3.22. The molecule has 1 N–H and O–H groups in total. The van der Waals surface area contributed by atoms with E-state index in [2.05, 4.69) is 4.74 Å². The number of sulfonamides is 1. The van der Waals surface area contributed by atoms with E-state index in [1.807, 2.05) is 5.32 Å². The smallest absolute Gasteiger partial charge is 0.322 e. The number of hydrogen-bond donors (Lipinski definition) is 1. The topological polar surface area (TPSA) is 110 Å². The van der Waals surface area contributed by atoms with Gasteiger partial charge in [-0.2, -0.15) is 4.31 Å². The summed E-state index contributed by atoms with van der Waals surface area (Å²) in [5.41, 5.74) is 0. The molecule has 1 rings (SSSR count). The Labute approximate surface area is 104 Å². The highest BCUT2D eigenvalue weighted by Gasteiger charge is 2.39. The number of carbonyl (C=O) groups is 3. The summed E-state index contributed by atoms with van der Waals surface area (Å²) in [7, 11) is -4.04. The molecule has 2 amide bonds. The number of hydrogen-bond acceptors (Lipinski definition) is 6. The number of nitrogens with one attached hydrogen (secondary N) is 1. The first kappa shape index (κ1) is 14.6. The lowest BCUT2D eigenvalue weighted by molar-refractivity contribution is -0.141. The maximum atomic E-state index is 11.9. The van der Waals surface area contributed by atoms with Crippen molar-refractivity contribution in [1.82, 2.24) is 9.62 Å². The Morgan fingerprint density at radius 1 is 1.50 bits per heavy atom. The van der Waals surface area contributed by atoms with Gasteiger partial charge in [0.2, 0.25) is 21.8 Å². The fourth-order valence-corrected chi connectivity index (χ4v) is 2.90. The third kappa shape index (κ3) is 3.26. The summed E-state index contributed by atoms with van der Waals surface area (Å²) in [5, 5.41) is 2.01. The summed E-state index contributed by atoms with van der Waals surface area (Å²) >= 11 is 0. The third-order valence-electron chi connectivity index (χ3n) is 2.34. The summed E-state index contributed by atoms with van der Waals surface area (Å²) in [6.45, 7) is 2.47. The summed E-state index contributed by atoms with van der Waals surface area (Å²) < 4.78 is 29.0. The maximum Gasteiger partial charge on any atom is 0.322 e. The molecule has 1 aliphatic rings. The van der Waals surface area contributed by atoms with Crippen LogP contribution in [0.2, 0.25) is 0 Å². The average Bonchev–Trinajstić information content (AvgIpc) is 2.22. The first-order chi connectivity index (χ1) is 8.27. The molecular weight excluding hydrogens is 264 g/mol. The molecule has 102 valence electrons. The number of ether oxygens (including phenoxy) is 1. The lowest BCUT2D eigenvalue weighted by Gasteiger charge is -2.30. The van der Waals surface area contributed by atoms with E-state index in [9.17, 15) is 22.8 Å². The maximum absolute atomic E-state index is 11.9. The summed E-state index contributed by atoms with van der Waals surface area (Å²) in [4.78, 5) is 33.6. The SMILES string of the molecule is CCOC(=O)CS(=O)(=O)N1CC(=O)NC(=O)C1C. The van der Waals surface area contributed by atoms with Crippen LogP contribution in [0, 0.1) is 0 Å². The van der Waals surface area contributed by atoms with Gasteiger partial charge >= 0.3 is 5.97 Å². The van der Waals surface area contributed by atoms with Crippen LogP contribution in [0.15, 0.2) is 0 Å². The third-order valence-corrected chi connectivity index (χ3v) is 4.10. The normalized spacial score (nSPS) is 21.6. The summed E-state index contributed by atoms with van der Waals surface area (Å²) in [6.07, 6.45) is 0. The first-order valence-electron chi connectivity index (χ1n) is 5.26. The highest BCUT2D eigenvalue weighted by molar-refractivity contribution is 7.89. The van der Waals surface area contributed by atoms with E-state index >= 15 is 0 Å². The molecule has 8 nitrogen and oxygen atoms in total. The Morgan fingerprint density at radius 2 is 2.11 bits per heavy atom. The van der Waals surface area contributed by atoms with Crippen molar-refractivity contribution in [1.29, 1.82) is 0 Å². The zero-order valence-corrected chi connectivity index (χ0v) is 10.8. The zero-order valence-electron chi connectivity index (χ0n) is 10.0. The molecule has 1 unspecified atom stereocenters. The van der Waals surface area contributed by atoms with E-state index in [1.54, 1.807) is 6.92 Å². The van der Waals surface area contributed by atoms with E-state index in [-0.39, 0.29) is 6.61 Å². The van der Waals surface area contributed by atoms with Crippen LogP contribution in [0.4, 0.5) is 0 Å². The number of carbonyl (C=O) groups excluding carboxylic acids is 3. The molecule has 0 saturated carbocycles. The van der Waals surface area contributed by atoms with Crippen LogP contribution < -0.4 is 5.32 Å². The molecule has 0 aromatic heterocycles. The first-order valence-corrected chi connectivity index (χ1v) is 6.87. The lowest BCUT2D eigenvalue weighted by atomic mass is 10.2. The van der Waals surface area contributed by atoms with Gasteiger partial charge in [0.1, 0.15) is 6.04 Å². The predicted octanol–water partition coefficient (Wildman–Crippen LogP) is -1.77. The largest absolute Gasteiger partial charge is 0.465 e. The van der Waals surface area contributed by atoms with Crippen molar-refractivity contribution in [2.24, 2.45) is 0 Å². The second-order valence-corrected chi connectivity index (χ2v) is 5.62. The van der Waals surface area contributed by atoms with Gasteiger partial charge in [0, 0.05) is 0 Å². The minimum atomic E-state index is -4.04. The minimum absolute atomic E-state index is 0.0589. The van der Waals surface area contributed by atoms with Gasteiger partial charge in [-0.05, 0) is 13.8 Å². The van der Waals surface area contributed by atoms with E-state index in [0.717, 1.165) is 0 Å². The van der Waals surface area contributed by atoms with Crippen molar-refractivity contribution in [2.45, 2.75) is 19.9 Å². The van der Waals surface area contributed by atoms with Crippen LogP contribution in [-0.4, -0.2) is 55.5 Å². The highest BCUT2D eigenvalue weighted by Crippen LogP contribution is 2.11. The van der Waals surface area contributed by atoms with Crippen molar-refractivity contribution >= 4 is 27.8 Å². The van der Waals surface area contributed by atoms with Crippen LogP contribution >= 0.6 is 0 Å². The fourth-order valence-electron chi connectivity index (χ4n) is 1.46. The van der Waals surface area contributed by atoms with Crippen molar-refractivity contribution < 1.29 is 27.5 Å². The van der Waals surface area contributed by atoms with E-state index in [4.69, 9.17) is 0 Å². The Hall–Kier alpha value is -1.48. The number of esters is 1. The Balaban J connectivity index is 2.86. The zero-order chi connectivity index (χ0) is 13.9. The molecule has 0 radical (unpaired) electrons. The fraction of sp³-hybridized carbons (Fsp3) is 0.667. The van der Waals surface area contributed by atoms with Gasteiger partial charge in [0.25, 0.3) is 0 Å². The van der Waals surface area contributed by atoms with Gasteiger partial charge in [-0.3, -0.25) is 19.7 Å². The summed E-state index contributed by atoms with van der Waals surface area (Å²) in [6, 6.07) is -1.03. The van der Waals surface area contributed by atoms with Crippen molar-refractivity contribution in [3.8, 4) is 0 Å². The average molecular weight is 278 g/mol. The van der Waals surface area contributed by atoms with E-state index in [0.29, 0.717) is 4.31 Å². The second-order valence-electron chi connectivity index (χ2n) is 3.69. The van der Waals surface area contributed by atoms with Crippen LogP contribution in [0.3, 0.4) is 0 Å². The molecule has 0 aromatic rings. The van der Waals surface area contributed by atoms with Gasteiger partial charge in [-0.15, -0.1) is 0 Å². The molecule has 0 bridgehead atoms. The van der Waals surface area contributed by atoms with Crippen LogP contribution in [0.25, 0.3) is 0 Å². The Bertz CT molecular complexity index is 471. The molecular formula is C9H14N2O6S. The molecule has 18 heavy (non-hydrogen) atoms.